The molecule has 0 aliphatic heterocycles. The molecule has 0 saturated carbocycles. The van der Waals surface area contributed by atoms with Gasteiger partial charge in [0.15, 0.2) is 0 Å². The van der Waals surface area contributed by atoms with E-state index in [1.165, 1.54) is 6.07 Å². The van der Waals surface area contributed by atoms with Crippen molar-refractivity contribution in [2.24, 2.45) is 0 Å². The van der Waals surface area contributed by atoms with Gasteiger partial charge in [0.05, 0.1) is 11.6 Å². The number of rotatable bonds is 4. The van der Waals surface area contributed by atoms with Crippen molar-refractivity contribution in [3.8, 4) is 5.75 Å². The zero-order chi connectivity index (χ0) is 14.5. The number of amides is 1. The Morgan fingerprint density at radius 1 is 1.20 bits per heavy atom. The Morgan fingerprint density at radius 2 is 1.90 bits per heavy atom. The van der Waals surface area contributed by atoms with Gasteiger partial charge in [-0.2, -0.15) is 0 Å². The zero-order valence-electron chi connectivity index (χ0n) is 10.5. The van der Waals surface area contributed by atoms with E-state index < -0.39 is 0 Å². The molecule has 2 aromatic rings. The second-order valence-electron chi connectivity index (χ2n) is 4.25. The molecule has 0 bridgehead atoms. The van der Waals surface area contributed by atoms with E-state index >= 15 is 0 Å². The predicted octanol–water partition coefficient (Wildman–Crippen LogP) is 4.02. The minimum absolute atomic E-state index is 0.0433. The van der Waals surface area contributed by atoms with E-state index in [2.05, 4.69) is 37.2 Å². The summed E-state index contributed by atoms with van der Waals surface area (Å²) in [5.41, 5.74) is 1.27. The van der Waals surface area contributed by atoms with Crippen LogP contribution in [0.2, 0.25) is 0 Å². The first-order valence-corrected chi connectivity index (χ1v) is 7.93. The maximum absolute atomic E-state index is 12.2. The number of aromatic hydroxyl groups is 1. The number of carbonyl (C=O) groups is 1. The standard InChI is InChI=1S/C15H13Br2NO2/c16-9-13(10-4-2-1-3-5-10)18-15(20)12-7-6-11(17)8-14(12)19/h1-8,13,19H,9H2,(H,18,20). The van der Waals surface area contributed by atoms with Crippen LogP contribution in [0.25, 0.3) is 0 Å². The number of carbonyl (C=O) groups excluding carboxylic acids is 1. The second kappa shape index (κ2) is 6.90. The van der Waals surface area contributed by atoms with Crippen molar-refractivity contribution in [2.45, 2.75) is 6.04 Å². The lowest BCUT2D eigenvalue weighted by Crippen LogP contribution is -2.29. The van der Waals surface area contributed by atoms with E-state index in [1.54, 1.807) is 12.1 Å². The fraction of sp³-hybridized carbons (Fsp3) is 0.133. The van der Waals surface area contributed by atoms with Crippen LogP contribution in [-0.2, 0) is 0 Å². The third kappa shape index (κ3) is 3.61. The van der Waals surface area contributed by atoms with Crippen molar-refractivity contribution in [3.63, 3.8) is 0 Å². The third-order valence-electron chi connectivity index (χ3n) is 2.87. The van der Waals surface area contributed by atoms with Crippen molar-refractivity contribution in [3.05, 3.63) is 64.1 Å². The quantitative estimate of drug-likeness (QED) is 0.764. The van der Waals surface area contributed by atoms with Gasteiger partial charge in [-0.1, -0.05) is 62.2 Å². The molecular formula is C15H13Br2NO2. The maximum Gasteiger partial charge on any atom is 0.255 e. The number of phenolic OH excluding ortho intramolecular Hbond substituents is 1. The predicted molar refractivity (Wildman–Crippen MR) is 86.3 cm³/mol. The average molecular weight is 399 g/mol. The van der Waals surface area contributed by atoms with Gasteiger partial charge < -0.3 is 10.4 Å². The molecule has 2 N–H and O–H groups in total. The number of hydrogen-bond acceptors (Lipinski definition) is 2. The fourth-order valence-electron chi connectivity index (χ4n) is 1.83. The highest BCUT2D eigenvalue weighted by Gasteiger charge is 2.17. The van der Waals surface area contributed by atoms with Crippen LogP contribution in [0, 0.1) is 0 Å². The highest BCUT2D eigenvalue weighted by Crippen LogP contribution is 2.23. The lowest BCUT2D eigenvalue weighted by molar-refractivity contribution is 0.0938. The molecule has 0 heterocycles. The molecule has 0 aliphatic rings. The molecule has 0 radical (unpaired) electrons. The molecule has 0 aromatic heterocycles. The summed E-state index contributed by atoms with van der Waals surface area (Å²) in [5.74, 6) is -0.346. The van der Waals surface area contributed by atoms with Crippen LogP contribution in [0.15, 0.2) is 53.0 Å². The maximum atomic E-state index is 12.2. The molecule has 2 rings (SSSR count). The van der Waals surface area contributed by atoms with Crippen molar-refractivity contribution in [1.82, 2.24) is 5.32 Å². The Morgan fingerprint density at radius 3 is 2.50 bits per heavy atom. The van der Waals surface area contributed by atoms with Crippen LogP contribution < -0.4 is 5.32 Å². The molecule has 0 spiro atoms. The smallest absolute Gasteiger partial charge is 0.255 e. The van der Waals surface area contributed by atoms with Gasteiger partial charge in [-0.15, -0.1) is 0 Å². The van der Waals surface area contributed by atoms with E-state index in [0.717, 1.165) is 10.0 Å². The minimum Gasteiger partial charge on any atom is -0.507 e. The summed E-state index contributed by atoms with van der Waals surface area (Å²) in [5, 5.41) is 13.3. The van der Waals surface area contributed by atoms with E-state index in [9.17, 15) is 9.90 Å². The number of nitrogens with one attached hydrogen (secondary N) is 1. The third-order valence-corrected chi connectivity index (χ3v) is 4.01. The number of alkyl halides is 1. The number of hydrogen-bond donors (Lipinski definition) is 2. The first-order chi connectivity index (χ1) is 9.61. The van der Waals surface area contributed by atoms with Gasteiger partial charge in [-0.05, 0) is 23.8 Å². The Balaban J connectivity index is 2.17. The van der Waals surface area contributed by atoms with Gasteiger partial charge in [0.25, 0.3) is 5.91 Å². The first-order valence-electron chi connectivity index (χ1n) is 6.02. The van der Waals surface area contributed by atoms with Crippen molar-refractivity contribution in [1.29, 1.82) is 0 Å². The molecule has 1 amide bonds. The molecule has 0 fully saturated rings. The van der Waals surface area contributed by atoms with E-state index in [4.69, 9.17) is 0 Å². The zero-order valence-corrected chi connectivity index (χ0v) is 13.7. The summed E-state index contributed by atoms with van der Waals surface area (Å²) >= 11 is 6.65. The Labute approximate surface area is 134 Å². The van der Waals surface area contributed by atoms with E-state index in [1.807, 2.05) is 30.3 Å². The summed E-state index contributed by atoms with van der Waals surface area (Å²) in [6.45, 7) is 0. The average Bonchev–Trinajstić information content (AvgIpc) is 2.45. The summed E-state index contributed by atoms with van der Waals surface area (Å²) in [6.07, 6.45) is 0. The van der Waals surface area contributed by atoms with Gasteiger partial charge in [0.2, 0.25) is 0 Å². The molecule has 1 unspecified atom stereocenters. The van der Waals surface area contributed by atoms with Gasteiger partial charge in [-0.25, -0.2) is 0 Å². The molecule has 104 valence electrons. The Kier molecular flexibility index (Phi) is 5.20. The second-order valence-corrected chi connectivity index (χ2v) is 5.82. The summed E-state index contributed by atoms with van der Waals surface area (Å²) in [6, 6.07) is 14.3. The topological polar surface area (TPSA) is 49.3 Å². The van der Waals surface area contributed by atoms with Gasteiger partial charge in [-0.3, -0.25) is 4.79 Å². The van der Waals surface area contributed by atoms with E-state index in [0.29, 0.717) is 5.33 Å². The molecule has 5 heteroatoms. The lowest BCUT2D eigenvalue weighted by atomic mass is 10.1. The summed E-state index contributed by atoms with van der Waals surface area (Å²) < 4.78 is 0.728. The van der Waals surface area contributed by atoms with Crippen molar-refractivity contribution in [2.75, 3.05) is 5.33 Å². The van der Waals surface area contributed by atoms with Gasteiger partial charge >= 0.3 is 0 Å². The van der Waals surface area contributed by atoms with Crippen molar-refractivity contribution >= 4 is 37.8 Å². The van der Waals surface area contributed by atoms with Crippen LogP contribution in [0.5, 0.6) is 5.75 Å². The molecule has 2 aromatic carbocycles. The van der Waals surface area contributed by atoms with Crippen LogP contribution in [0.4, 0.5) is 0 Å². The summed E-state index contributed by atoms with van der Waals surface area (Å²) in [7, 11) is 0. The Bertz CT molecular complexity index is 602. The largest absolute Gasteiger partial charge is 0.507 e. The highest BCUT2D eigenvalue weighted by molar-refractivity contribution is 9.10. The van der Waals surface area contributed by atoms with E-state index in [-0.39, 0.29) is 23.3 Å². The monoisotopic (exact) mass is 397 g/mol. The molecule has 3 nitrogen and oxygen atoms in total. The Hall–Kier alpha value is -1.33. The van der Waals surface area contributed by atoms with Crippen LogP contribution >= 0.6 is 31.9 Å². The lowest BCUT2D eigenvalue weighted by Gasteiger charge is -2.17. The van der Waals surface area contributed by atoms with Gasteiger partial charge in [0, 0.05) is 9.80 Å². The normalized spacial score (nSPS) is 11.9. The van der Waals surface area contributed by atoms with Crippen LogP contribution in [0.3, 0.4) is 0 Å². The molecular weight excluding hydrogens is 386 g/mol. The number of phenols is 1. The molecule has 0 aliphatic carbocycles. The molecule has 1 atom stereocenters. The van der Waals surface area contributed by atoms with Gasteiger partial charge in [0.1, 0.15) is 5.75 Å². The fourth-order valence-corrected chi connectivity index (χ4v) is 2.71. The highest BCUT2D eigenvalue weighted by atomic mass is 79.9. The first kappa shape index (κ1) is 15.1. The molecule has 20 heavy (non-hydrogen) atoms. The van der Waals surface area contributed by atoms with Crippen LogP contribution in [0.1, 0.15) is 22.0 Å². The van der Waals surface area contributed by atoms with Crippen LogP contribution in [-0.4, -0.2) is 16.3 Å². The minimum atomic E-state index is -0.302. The SMILES string of the molecule is O=C(NC(CBr)c1ccccc1)c1ccc(Br)cc1O. The summed E-state index contributed by atoms with van der Waals surface area (Å²) in [4.78, 5) is 12.2. The molecule has 0 saturated heterocycles. The van der Waals surface area contributed by atoms with Crippen molar-refractivity contribution < 1.29 is 9.90 Å². The number of halogens is 2. The number of benzene rings is 2.